The van der Waals surface area contributed by atoms with E-state index in [4.69, 9.17) is 4.84 Å². The molecule has 118 valence electrons. The average molecular weight is 340 g/mol. The Morgan fingerprint density at radius 2 is 1.88 bits per heavy atom. The van der Waals surface area contributed by atoms with Gasteiger partial charge in [0, 0.05) is 17.8 Å². The third kappa shape index (κ3) is 2.18. The number of carbonyl (C=O) groups excluding carboxylic acids is 3. The minimum absolute atomic E-state index is 0.0112. The number of fused-ring (bicyclic) bond motifs is 1. The van der Waals surface area contributed by atoms with Gasteiger partial charge in [0.25, 0.3) is 11.8 Å². The summed E-state index contributed by atoms with van der Waals surface area (Å²) in [5.74, 6) is -1.73. The van der Waals surface area contributed by atoms with E-state index in [2.05, 4.69) is 15.0 Å². The quantitative estimate of drug-likeness (QED) is 0.730. The van der Waals surface area contributed by atoms with Gasteiger partial charge in [0.15, 0.2) is 16.5 Å². The van der Waals surface area contributed by atoms with E-state index in [1.54, 1.807) is 24.5 Å². The molecule has 0 bridgehead atoms. The van der Waals surface area contributed by atoms with E-state index in [9.17, 15) is 14.4 Å². The van der Waals surface area contributed by atoms with Crippen LogP contribution >= 0.6 is 11.3 Å². The summed E-state index contributed by atoms with van der Waals surface area (Å²) in [7, 11) is 0. The maximum absolute atomic E-state index is 12.2. The van der Waals surface area contributed by atoms with Gasteiger partial charge < -0.3 is 9.82 Å². The van der Waals surface area contributed by atoms with Crippen molar-refractivity contribution in [1.82, 2.24) is 20.0 Å². The Morgan fingerprint density at radius 1 is 1.17 bits per heavy atom. The van der Waals surface area contributed by atoms with Crippen molar-refractivity contribution in [2.45, 2.75) is 0 Å². The smallest absolute Gasteiger partial charge is 0.343 e. The predicted molar refractivity (Wildman–Crippen MR) is 82.1 cm³/mol. The number of benzene rings is 1. The summed E-state index contributed by atoms with van der Waals surface area (Å²) >= 11 is 1.19. The molecule has 0 saturated heterocycles. The van der Waals surface area contributed by atoms with Crippen LogP contribution in [0.15, 0.2) is 42.0 Å². The van der Waals surface area contributed by atoms with E-state index in [1.165, 1.54) is 28.8 Å². The Hall–Kier alpha value is -3.33. The number of aromatic nitrogens is 3. The zero-order chi connectivity index (χ0) is 16.7. The van der Waals surface area contributed by atoms with E-state index in [1.807, 2.05) is 0 Å². The van der Waals surface area contributed by atoms with Crippen LogP contribution in [-0.2, 0) is 4.84 Å². The second-order valence-electron chi connectivity index (χ2n) is 4.80. The third-order valence-electron chi connectivity index (χ3n) is 3.35. The van der Waals surface area contributed by atoms with Crippen molar-refractivity contribution < 1.29 is 19.2 Å². The van der Waals surface area contributed by atoms with Gasteiger partial charge in [-0.1, -0.05) is 17.2 Å². The second-order valence-corrected chi connectivity index (χ2v) is 5.66. The highest BCUT2D eigenvalue weighted by molar-refractivity contribution is 7.13. The number of H-pyrrole nitrogens is 1. The summed E-state index contributed by atoms with van der Waals surface area (Å²) in [6.07, 6.45) is 3.20. The fourth-order valence-electron chi connectivity index (χ4n) is 2.24. The molecule has 2 amide bonds. The van der Waals surface area contributed by atoms with Gasteiger partial charge in [-0.15, -0.1) is 11.3 Å². The lowest BCUT2D eigenvalue weighted by atomic mass is 10.1. The maximum Gasteiger partial charge on any atom is 0.383 e. The largest absolute Gasteiger partial charge is 0.383 e. The number of amides is 2. The Morgan fingerprint density at radius 3 is 2.50 bits per heavy atom. The number of rotatable bonds is 3. The van der Waals surface area contributed by atoms with Crippen LogP contribution < -0.4 is 0 Å². The summed E-state index contributed by atoms with van der Waals surface area (Å²) in [6, 6.07) is 6.26. The number of carbonyl (C=O) groups is 3. The molecule has 9 heteroatoms. The summed E-state index contributed by atoms with van der Waals surface area (Å²) in [5.41, 5.74) is 0.387. The first-order chi connectivity index (χ1) is 11.6. The highest BCUT2D eigenvalue weighted by Crippen LogP contribution is 2.24. The molecule has 2 aromatic heterocycles. The SMILES string of the molecule is O=C(ON1C(=O)c2ccccc2C1=O)c1csc(-c2ncc[nH]2)n1. The van der Waals surface area contributed by atoms with Gasteiger partial charge >= 0.3 is 5.97 Å². The third-order valence-corrected chi connectivity index (χ3v) is 4.19. The molecule has 0 atom stereocenters. The van der Waals surface area contributed by atoms with Crippen molar-refractivity contribution in [3.63, 3.8) is 0 Å². The van der Waals surface area contributed by atoms with Crippen LogP contribution in [0.4, 0.5) is 0 Å². The lowest BCUT2D eigenvalue weighted by Crippen LogP contribution is -2.32. The van der Waals surface area contributed by atoms with Crippen molar-refractivity contribution in [3.8, 4) is 10.8 Å². The first kappa shape index (κ1) is 14.3. The molecular weight excluding hydrogens is 332 g/mol. The molecule has 0 radical (unpaired) electrons. The number of nitrogens with zero attached hydrogens (tertiary/aromatic N) is 3. The van der Waals surface area contributed by atoms with Crippen LogP contribution in [0.3, 0.4) is 0 Å². The minimum atomic E-state index is -0.890. The number of aromatic amines is 1. The number of imidazole rings is 1. The molecule has 8 nitrogen and oxygen atoms in total. The van der Waals surface area contributed by atoms with Gasteiger partial charge in [-0.25, -0.2) is 14.8 Å². The van der Waals surface area contributed by atoms with Gasteiger partial charge in [-0.05, 0) is 12.1 Å². The fraction of sp³-hybridized carbons (Fsp3) is 0. The van der Waals surface area contributed by atoms with E-state index in [0.717, 1.165) is 0 Å². The molecule has 4 rings (SSSR count). The van der Waals surface area contributed by atoms with Gasteiger partial charge in [-0.2, -0.15) is 0 Å². The molecule has 3 heterocycles. The number of imide groups is 1. The first-order valence-corrected chi connectivity index (χ1v) is 7.68. The molecule has 1 aromatic carbocycles. The van der Waals surface area contributed by atoms with Crippen molar-refractivity contribution >= 4 is 29.1 Å². The maximum atomic E-state index is 12.2. The molecule has 0 saturated carbocycles. The standard InChI is InChI=1S/C15H8N4O4S/c20-13-8-3-1-2-4-9(8)14(21)19(13)23-15(22)10-7-24-12(18-10)11-16-5-6-17-11/h1-7H,(H,16,17). The normalized spacial score (nSPS) is 13.2. The summed E-state index contributed by atoms with van der Waals surface area (Å²) in [5, 5.41) is 2.42. The molecule has 0 unspecified atom stereocenters. The molecule has 3 aromatic rings. The van der Waals surface area contributed by atoms with Crippen molar-refractivity contribution in [2.24, 2.45) is 0 Å². The highest BCUT2D eigenvalue weighted by atomic mass is 32.1. The predicted octanol–water partition coefficient (Wildman–Crippen LogP) is 1.90. The average Bonchev–Trinajstić information content (AvgIpc) is 3.32. The van der Waals surface area contributed by atoms with Crippen LogP contribution in [0.2, 0.25) is 0 Å². The van der Waals surface area contributed by atoms with Crippen LogP contribution in [-0.4, -0.2) is 37.8 Å². The van der Waals surface area contributed by atoms with E-state index in [0.29, 0.717) is 15.9 Å². The van der Waals surface area contributed by atoms with Gasteiger partial charge in [0.1, 0.15) is 0 Å². The molecule has 24 heavy (non-hydrogen) atoms. The van der Waals surface area contributed by atoms with Gasteiger partial charge in [0.05, 0.1) is 11.1 Å². The monoisotopic (exact) mass is 340 g/mol. The number of nitrogens with one attached hydrogen (secondary N) is 1. The summed E-state index contributed by atoms with van der Waals surface area (Å²) in [6.45, 7) is 0. The van der Waals surface area contributed by atoms with Crippen molar-refractivity contribution in [2.75, 3.05) is 0 Å². The molecule has 0 aliphatic carbocycles. The number of hydroxylamine groups is 2. The Kier molecular flexibility index (Phi) is 3.21. The number of thiazole rings is 1. The van der Waals surface area contributed by atoms with Gasteiger partial charge in [0.2, 0.25) is 0 Å². The fourth-order valence-corrected chi connectivity index (χ4v) is 2.98. The lowest BCUT2D eigenvalue weighted by molar-refractivity contribution is -0.0587. The zero-order valence-corrected chi connectivity index (χ0v) is 12.7. The van der Waals surface area contributed by atoms with E-state index < -0.39 is 17.8 Å². The summed E-state index contributed by atoms with van der Waals surface area (Å²) < 4.78 is 0. The molecule has 0 spiro atoms. The highest BCUT2D eigenvalue weighted by Gasteiger charge is 2.39. The van der Waals surface area contributed by atoms with Crippen molar-refractivity contribution in [3.05, 3.63) is 58.9 Å². The second kappa shape index (κ2) is 5.39. The topological polar surface area (TPSA) is 105 Å². The lowest BCUT2D eigenvalue weighted by Gasteiger charge is -2.11. The van der Waals surface area contributed by atoms with Crippen LogP contribution in [0.5, 0.6) is 0 Å². The molecule has 1 aliphatic heterocycles. The molecule has 0 fully saturated rings. The molecule has 1 N–H and O–H groups in total. The number of hydrogen-bond donors (Lipinski definition) is 1. The Labute approximate surface area is 138 Å². The summed E-state index contributed by atoms with van der Waals surface area (Å²) in [4.78, 5) is 52.4. The number of hydrogen-bond acceptors (Lipinski definition) is 7. The zero-order valence-electron chi connectivity index (χ0n) is 11.9. The van der Waals surface area contributed by atoms with E-state index in [-0.39, 0.29) is 16.8 Å². The molecule has 1 aliphatic rings. The first-order valence-electron chi connectivity index (χ1n) is 6.80. The van der Waals surface area contributed by atoms with Gasteiger partial charge in [-0.3, -0.25) is 9.59 Å². The Balaban J connectivity index is 1.55. The van der Waals surface area contributed by atoms with Crippen LogP contribution in [0, 0.1) is 0 Å². The molecular formula is C15H8N4O4S. The van der Waals surface area contributed by atoms with Crippen LogP contribution in [0.25, 0.3) is 10.8 Å². The van der Waals surface area contributed by atoms with E-state index >= 15 is 0 Å². The van der Waals surface area contributed by atoms with Crippen molar-refractivity contribution in [1.29, 1.82) is 0 Å². The Bertz CT molecular complexity index is 929. The minimum Gasteiger partial charge on any atom is -0.343 e. The van der Waals surface area contributed by atoms with Crippen LogP contribution in [0.1, 0.15) is 31.2 Å².